The zero-order valence-corrected chi connectivity index (χ0v) is 15.7. The first-order valence-corrected chi connectivity index (χ1v) is 8.98. The van der Waals surface area contributed by atoms with Gasteiger partial charge >= 0.3 is 5.97 Å². The van der Waals surface area contributed by atoms with Crippen LogP contribution in [-0.2, 0) is 4.79 Å². The maximum atomic E-state index is 12.4. The van der Waals surface area contributed by atoms with E-state index in [2.05, 4.69) is 0 Å². The molecule has 0 aliphatic heterocycles. The molecule has 0 heterocycles. The van der Waals surface area contributed by atoms with Crippen molar-refractivity contribution in [3.05, 3.63) is 83.9 Å². The number of methoxy groups -OCH3 is 2. The molecule has 0 fully saturated rings. The number of carboxylic acid groups (broad SMARTS) is 1. The van der Waals surface area contributed by atoms with Crippen LogP contribution in [0.25, 0.3) is 21.5 Å². The third-order valence-corrected chi connectivity index (χ3v) is 5.07. The Morgan fingerprint density at radius 2 is 1.07 bits per heavy atom. The summed E-state index contributed by atoms with van der Waals surface area (Å²) in [5, 5.41) is 14.1. The monoisotopic (exact) mass is 372 g/mol. The van der Waals surface area contributed by atoms with E-state index in [-0.39, 0.29) is 0 Å². The maximum absolute atomic E-state index is 12.4. The Labute approximate surface area is 162 Å². The first-order valence-electron chi connectivity index (χ1n) is 8.98. The molecular formula is C24H20O4. The van der Waals surface area contributed by atoms with Gasteiger partial charge < -0.3 is 14.6 Å². The van der Waals surface area contributed by atoms with Crippen molar-refractivity contribution in [3.63, 3.8) is 0 Å². The van der Waals surface area contributed by atoms with Crippen molar-refractivity contribution < 1.29 is 19.4 Å². The van der Waals surface area contributed by atoms with Crippen LogP contribution in [0, 0.1) is 0 Å². The summed E-state index contributed by atoms with van der Waals surface area (Å²) in [4.78, 5) is 12.4. The number of carboxylic acids is 1. The molecule has 4 aromatic rings. The molecule has 0 bridgehead atoms. The highest BCUT2D eigenvalue weighted by atomic mass is 16.5. The van der Waals surface area contributed by atoms with Gasteiger partial charge in [-0.2, -0.15) is 0 Å². The predicted octanol–water partition coefficient (Wildman–Crippen LogP) is 5.23. The van der Waals surface area contributed by atoms with Crippen LogP contribution in [0.4, 0.5) is 0 Å². The van der Waals surface area contributed by atoms with Gasteiger partial charge in [0.15, 0.2) is 0 Å². The fourth-order valence-corrected chi connectivity index (χ4v) is 3.71. The molecule has 0 aliphatic rings. The standard InChI is InChI=1S/C24H20O4/c1-27-21-13-17-9-5-3-7-15(17)11-19(21)23(24(25)26)20-12-16-8-4-6-10-18(16)14-22(20)28-2/h3-14,23H,1-2H3,(H,25,26). The van der Waals surface area contributed by atoms with E-state index in [4.69, 9.17) is 9.47 Å². The fourth-order valence-electron chi connectivity index (χ4n) is 3.71. The third kappa shape index (κ3) is 3.03. The lowest BCUT2D eigenvalue weighted by molar-refractivity contribution is -0.137. The van der Waals surface area contributed by atoms with Gasteiger partial charge in [0.1, 0.15) is 17.4 Å². The molecule has 0 saturated carbocycles. The molecule has 0 aliphatic carbocycles. The molecule has 0 radical (unpaired) electrons. The SMILES string of the molecule is COc1cc2ccccc2cc1C(C(=O)O)c1cc2ccccc2cc1OC. The molecule has 0 saturated heterocycles. The molecule has 0 aromatic heterocycles. The van der Waals surface area contributed by atoms with Gasteiger partial charge in [-0.1, -0.05) is 48.5 Å². The van der Waals surface area contributed by atoms with Gasteiger partial charge in [0.25, 0.3) is 0 Å². The Morgan fingerprint density at radius 1 is 0.714 bits per heavy atom. The number of hydrogen-bond donors (Lipinski definition) is 1. The zero-order valence-electron chi connectivity index (χ0n) is 15.7. The minimum atomic E-state index is -0.956. The molecule has 4 rings (SSSR count). The summed E-state index contributed by atoms with van der Waals surface area (Å²) < 4.78 is 11.1. The lowest BCUT2D eigenvalue weighted by Crippen LogP contribution is -2.15. The van der Waals surface area contributed by atoms with Gasteiger partial charge in [-0.3, -0.25) is 4.79 Å². The molecule has 4 heteroatoms. The topological polar surface area (TPSA) is 55.8 Å². The second kappa shape index (κ2) is 7.24. The van der Waals surface area contributed by atoms with Crippen molar-refractivity contribution in [2.45, 2.75) is 5.92 Å². The summed E-state index contributed by atoms with van der Waals surface area (Å²) in [5.74, 6) is -0.788. The van der Waals surface area contributed by atoms with Gasteiger partial charge in [-0.05, 0) is 45.8 Å². The largest absolute Gasteiger partial charge is 0.496 e. The van der Waals surface area contributed by atoms with E-state index >= 15 is 0 Å². The summed E-state index contributed by atoms with van der Waals surface area (Å²) in [7, 11) is 3.12. The molecule has 140 valence electrons. The summed E-state index contributed by atoms with van der Waals surface area (Å²) in [5.41, 5.74) is 1.20. The smallest absolute Gasteiger partial charge is 0.315 e. The second-order valence-electron chi connectivity index (χ2n) is 6.65. The highest BCUT2D eigenvalue weighted by molar-refractivity contribution is 5.92. The highest BCUT2D eigenvalue weighted by Crippen LogP contribution is 2.40. The molecular weight excluding hydrogens is 352 g/mol. The lowest BCUT2D eigenvalue weighted by Gasteiger charge is -2.20. The summed E-state index contributed by atoms with van der Waals surface area (Å²) in [6.45, 7) is 0. The van der Waals surface area contributed by atoms with E-state index in [0.717, 1.165) is 21.5 Å². The molecule has 0 atom stereocenters. The van der Waals surface area contributed by atoms with Crippen molar-refractivity contribution in [1.29, 1.82) is 0 Å². The van der Waals surface area contributed by atoms with Crippen LogP contribution >= 0.6 is 0 Å². The molecule has 28 heavy (non-hydrogen) atoms. The van der Waals surface area contributed by atoms with E-state index in [0.29, 0.717) is 22.6 Å². The van der Waals surface area contributed by atoms with Crippen molar-refractivity contribution in [2.24, 2.45) is 0 Å². The Hall–Kier alpha value is -3.53. The number of carbonyl (C=O) groups is 1. The maximum Gasteiger partial charge on any atom is 0.315 e. The molecule has 0 amide bonds. The Kier molecular flexibility index (Phi) is 4.62. The average molecular weight is 372 g/mol. The van der Waals surface area contributed by atoms with E-state index < -0.39 is 11.9 Å². The zero-order chi connectivity index (χ0) is 19.7. The number of fused-ring (bicyclic) bond motifs is 2. The molecule has 1 N–H and O–H groups in total. The molecule has 0 unspecified atom stereocenters. The minimum absolute atomic E-state index is 0.543. The van der Waals surface area contributed by atoms with Crippen LogP contribution in [0.5, 0.6) is 11.5 Å². The molecule has 0 spiro atoms. The summed E-state index contributed by atoms with van der Waals surface area (Å²) in [6, 6.07) is 23.2. The van der Waals surface area contributed by atoms with Crippen LogP contribution in [0.2, 0.25) is 0 Å². The van der Waals surface area contributed by atoms with Crippen LogP contribution in [0.15, 0.2) is 72.8 Å². The van der Waals surface area contributed by atoms with Crippen LogP contribution in [-0.4, -0.2) is 25.3 Å². The first-order chi connectivity index (χ1) is 13.6. The van der Waals surface area contributed by atoms with Gasteiger partial charge in [0.2, 0.25) is 0 Å². The van der Waals surface area contributed by atoms with Gasteiger partial charge in [-0.25, -0.2) is 0 Å². The number of aliphatic carboxylic acids is 1. The number of benzene rings is 4. The van der Waals surface area contributed by atoms with E-state index in [9.17, 15) is 9.90 Å². The number of hydrogen-bond acceptors (Lipinski definition) is 3. The average Bonchev–Trinajstić information content (AvgIpc) is 2.72. The number of rotatable bonds is 5. The van der Waals surface area contributed by atoms with Crippen LogP contribution in [0.1, 0.15) is 17.0 Å². The Morgan fingerprint density at radius 3 is 1.39 bits per heavy atom. The van der Waals surface area contributed by atoms with Gasteiger partial charge in [-0.15, -0.1) is 0 Å². The minimum Gasteiger partial charge on any atom is -0.496 e. The first kappa shape index (κ1) is 17.9. The molecule has 4 nitrogen and oxygen atoms in total. The quantitative estimate of drug-likeness (QED) is 0.521. The normalized spacial score (nSPS) is 11.1. The lowest BCUT2D eigenvalue weighted by atomic mass is 9.87. The third-order valence-electron chi connectivity index (χ3n) is 5.07. The second-order valence-corrected chi connectivity index (χ2v) is 6.65. The van der Waals surface area contributed by atoms with Crippen LogP contribution < -0.4 is 9.47 Å². The number of ether oxygens (including phenoxy) is 2. The summed E-state index contributed by atoms with van der Waals surface area (Å²) >= 11 is 0. The highest BCUT2D eigenvalue weighted by Gasteiger charge is 2.29. The van der Waals surface area contributed by atoms with Crippen molar-refractivity contribution in [3.8, 4) is 11.5 Å². The van der Waals surface area contributed by atoms with E-state index in [1.165, 1.54) is 0 Å². The summed E-state index contributed by atoms with van der Waals surface area (Å²) in [6.07, 6.45) is 0. The van der Waals surface area contributed by atoms with Crippen molar-refractivity contribution in [2.75, 3.05) is 14.2 Å². The Bertz CT molecular complexity index is 1090. The van der Waals surface area contributed by atoms with Gasteiger partial charge in [0.05, 0.1) is 14.2 Å². The predicted molar refractivity (Wildman–Crippen MR) is 110 cm³/mol. The Balaban J connectivity index is 1.99. The van der Waals surface area contributed by atoms with E-state index in [1.54, 1.807) is 14.2 Å². The van der Waals surface area contributed by atoms with Crippen LogP contribution in [0.3, 0.4) is 0 Å². The van der Waals surface area contributed by atoms with Gasteiger partial charge in [0, 0.05) is 11.1 Å². The molecule has 4 aromatic carbocycles. The van der Waals surface area contributed by atoms with Crippen molar-refractivity contribution in [1.82, 2.24) is 0 Å². The fraction of sp³-hybridized carbons (Fsp3) is 0.125. The van der Waals surface area contributed by atoms with E-state index in [1.807, 2.05) is 72.8 Å². The van der Waals surface area contributed by atoms with Crippen molar-refractivity contribution >= 4 is 27.5 Å².